The molecule has 2 aromatic rings. The molecule has 0 saturated carbocycles. The molecule has 28 heavy (non-hydrogen) atoms. The number of benzene rings is 2. The second-order valence-electron chi connectivity index (χ2n) is 7.09. The number of aliphatic hydroxyl groups excluding tert-OH is 1. The van der Waals surface area contributed by atoms with Crippen molar-refractivity contribution in [3.05, 3.63) is 66.0 Å². The molecule has 0 amide bonds. The predicted octanol–water partition coefficient (Wildman–Crippen LogP) is 2.40. The Kier molecular flexibility index (Phi) is 8.23. The van der Waals surface area contributed by atoms with Crippen molar-refractivity contribution in [1.29, 1.82) is 0 Å². The molecule has 6 heteroatoms. The summed E-state index contributed by atoms with van der Waals surface area (Å²) >= 11 is 0. The molecule has 1 heterocycles. The normalized spacial score (nSPS) is 16.8. The molecule has 1 saturated heterocycles. The van der Waals surface area contributed by atoms with Gasteiger partial charge in [0.05, 0.1) is 19.3 Å². The van der Waals surface area contributed by atoms with Crippen molar-refractivity contribution < 1.29 is 19.0 Å². The Morgan fingerprint density at radius 3 is 2.29 bits per heavy atom. The molecule has 5 nitrogen and oxygen atoms in total. The first-order valence-electron chi connectivity index (χ1n) is 9.82. The summed E-state index contributed by atoms with van der Waals surface area (Å²) in [7, 11) is 0. The number of hydrogen-bond acceptors (Lipinski definition) is 5. The Bertz CT molecular complexity index is 676. The lowest BCUT2D eigenvalue weighted by Gasteiger charge is -2.35. The standard InChI is InChI=1S/C22H29FN2O3/c23-20-6-8-22(9-7-20)28-15-14-27-18-21(26)17-25-12-10-24(11-13-25)16-19-4-2-1-3-5-19/h1-9,21,26H,10-18H2. The van der Waals surface area contributed by atoms with Gasteiger partial charge in [0, 0.05) is 39.3 Å². The van der Waals surface area contributed by atoms with Crippen LogP contribution in [0.4, 0.5) is 4.39 Å². The van der Waals surface area contributed by atoms with Crippen LogP contribution in [-0.4, -0.2) is 73.6 Å². The van der Waals surface area contributed by atoms with E-state index in [4.69, 9.17) is 9.47 Å². The lowest BCUT2D eigenvalue weighted by molar-refractivity contribution is -0.000440. The van der Waals surface area contributed by atoms with Crippen LogP contribution >= 0.6 is 0 Å². The minimum absolute atomic E-state index is 0.285. The van der Waals surface area contributed by atoms with E-state index in [-0.39, 0.29) is 12.4 Å². The minimum atomic E-state index is -0.508. The highest BCUT2D eigenvalue weighted by molar-refractivity contribution is 5.21. The van der Waals surface area contributed by atoms with E-state index in [2.05, 4.69) is 34.1 Å². The van der Waals surface area contributed by atoms with Gasteiger partial charge in [-0.05, 0) is 29.8 Å². The monoisotopic (exact) mass is 388 g/mol. The van der Waals surface area contributed by atoms with Crippen LogP contribution in [-0.2, 0) is 11.3 Å². The first-order valence-corrected chi connectivity index (χ1v) is 9.82. The summed E-state index contributed by atoms with van der Waals surface area (Å²) in [5.74, 6) is 0.326. The summed E-state index contributed by atoms with van der Waals surface area (Å²) in [6, 6.07) is 16.4. The molecule has 1 fully saturated rings. The highest BCUT2D eigenvalue weighted by Gasteiger charge is 2.19. The number of piperazine rings is 1. The molecule has 1 atom stereocenters. The fraction of sp³-hybridized carbons (Fsp3) is 0.455. The third-order valence-electron chi connectivity index (χ3n) is 4.80. The predicted molar refractivity (Wildman–Crippen MR) is 107 cm³/mol. The Hall–Kier alpha value is -1.99. The van der Waals surface area contributed by atoms with Crippen molar-refractivity contribution in [2.24, 2.45) is 0 Å². The molecular weight excluding hydrogens is 359 g/mol. The first-order chi connectivity index (χ1) is 13.7. The fourth-order valence-corrected chi connectivity index (χ4v) is 3.29. The lowest BCUT2D eigenvalue weighted by atomic mass is 10.2. The second kappa shape index (κ2) is 11.1. The molecule has 0 aliphatic carbocycles. The number of aliphatic hydroxyl groups is 1. The van der Waals surface area contributed by atoms with E-state index in [0.717, 1.165) is 32.7 Å². The fourth-order valence-electron chi connectivity index (χ4n) is 3.29. The Morgan fingerprint density at radius 2 is 1.57 bits per heavy atom. The van der Waals surface area contributed by atoms with Crippen molar-refractivity contribution in [3.8, 4) is 5.75 Å². The van der Waals surface area contributed by atoms with Crippen LogP contribution in [0.15, 0.2) is 54.6 Å². The summed E-state index contributed by atoms with van der Waals surface area (Å²) < 4.78 is 23.8. The van der Waals surface area contributed by atoms with E-state index in [1.165, 1.54) is 17.7 Å². The van der Waals surface area contributed by atoms with Gasteiger partial charge in [0.1, 0.15) is 18.2 Å². The smallest absolute Gasteiger partial charge is 0.123 e. The van der Waals surface area contributed by atoms with E-state index >= 15 is 0 Å². The number of nitrogens with zero attached hydrogens (tertiary/aromatic N) is 2. The summed E-state index contributed by atoms with van der Waals surface area (Å²) in [6.07, 6.45) is -0.508. The first kappa shape index (κ1) is 20.7. The molecule has 0 bridgehead atoms. The molecule has 1 unspecified atom stereocenters. The summed E-state index contributed by atoms with van der Waals surface area (Å²) in [5.41, 5.74) is 1.34. The highest BCUT2D eigenvalue weighted by Crippen LogP contribution is 2.11. The zero-order valence-electron chi connectivity index (χ0n) is 16.2. The van der Waals surface area contributed by atoms with Crippen LogP contribution in [0.3, 0.4) is 0 Å². The van der Waals surface area contributed by atoms with E-state index in [0.29, 0.717) is 25.5 Å². The number of hydrogen-bond donors (Lipinski definition) is 1. The second-order valence-corrected chi connectivity index (χ2v) is 7.09. The van der Waals surface area contributed by atoms with Gasteiger partial charge in [-0.2, -0.15) is 0 Å². The third-order valence-corrected chi connectivity index (χ3v) is 4.80. The maximum atomic E-state index is 12.8. The lowest BCUT2D eigenvalue weighted by Crippen LogP contribution is -2.48. The minimum Gasteiger partial charge on any atom is -0.491 e. The van der Waals surface area contributed by atoms with Crippen molar-refractivity contribution in [1.82, 2.24) is 9.80 Å². The summed E-state index contributed by atoms with van der Waals surface area (Å²) in [6.45, 7) is 6.58. The quantitative estimate of drug-likeness (QED) is 0.634. The zero-order chi connectivity index (χ0) is 19.6. The topological polar surface area (TPSA) is 45.2 Å². The Balaban J connectivity index is 1.24. The number of rotatable bonds is 10. The number of ether oxygens (including phenoxy) is 2. The van der Waals surface area contributed by atoms with Crippen LogP contribution < -0.4 is 4.74 Å². The van der Waals surface area contributed by atoms with Gasteiger partial charge in [-0.15, -0.1) is 0 Å². The maximum Gasteiger partial charge on any atom is 0.123 e. The number of halogens is 1. The average Bonchev–Trinajstić information content (AvgIpc) is 2.71. The van der Waals surface area contributed by atoms with Crippen LogP contribution in [0.1, 0.15) is 5.56 Å². The maximum absolute atomic E-state index is 12.8. The van der Waals surface area contributed by atoms with E-state index < -0.39 is 6.10 Å². The molecule has 3 rings (SSSR count). The zero-order valence-corrected chi connectivity index (χ0v) is 16.2. The van der Waals surface area contributed by atoms with Crippen LogP contribution in [0.25, 0.3) is 0 Å². The molecule has 152 valence electrons. The van der Waals surface area contributed by atoms with Crippen LogP contribution in [0, 0.1) is 5.82 Å². The average molecular weight is 388 g/mol. The SMILES string of the molecule is OC(COCCOc1ccc(F)cc1)CN1CCN(Cc2ccccc2)CC1. The molecule has 1 aliphatic rings. The van der Waals surface area contributed by atoms with Crippen molar-refractivity contribution in [2.75, 3.05) is 52.5 Å². The van der Waals surface area contributed by atoms with E-state index in [9.17, 15) is 9.50 Å². The van der Waals surface area contributed by atoms with E-state index in [1.54, 1.807) is 12.1 Å². The van der Waals surface area contributed by atoms with Crippen molar-refractivity contribution in [2.45, 2.75) is 12.6 Å². The van der Waals surface area contributed by atoms with Crippen molar-refractivity contribution >= 4 is 0 Å². The van der Waals surface area contributed by atoms with Crippen LogP contribution in [0.5, 0.6) is 5.75 Å². The van der Waals surface area contributed by atoms with E-state index in [1.807, 2.05) is 6.07 Å². The molecule has 0 radical (unpaired) electrons. The molecule has 2 aromatic carbocycles. The van der Waals surface area contributed by atoms with Gasteiger partial charge in [0.15, 0.2) is 0 Å². The van der Waals surface area contributed by atoms with Crippen LogP contribution in [0.2, 0.25) is 0 Å². The third kappa shape index (κ3) is 7.20. The van der Waals surface area contributed by atoms with Gasteiger partial charge < -0.3 is 14.6 Å². The molecule has 1 aliphatic heterocycles. The molecule has 0 spiro atoms. The molecular formula is C22H29FN2O3. The van der Waals surface area contributed by atoms with Gasteiger partial charge in [-0.3, -0.25) is 9.80 Å². The van der Waals surface area contributed by atoms with Gasteiger partial charge in [-0.25, -0.2) is 4.39 Å². The molecule has 1 N–H and O–H groups in total. The van der Waals surface area contributed by atoms with Gasteiger partial charge >= 0.3 is 0 Å². The Morgan fingerprint density at radius 1 is 0.893 bits per heavy atom. The Labute approximate surface area is 166 Å². The number of β-amino-alcohol motifs (C(OH)–C–C–N with tert-alkyl or cyclic N) is 1. The van der Waals surface area contributed by atoms with Gasteiger partial charge in [-0.1, -0.05) is 30.3 Å². The summed E-state index contributed by atoms with van der Waals surface area (Å²) in [4.78, 5) is 4.73. The van der Waals surface area contributed by atoms with Gasteiger partial charge in [0.25, 0.3) is 0 Å². The highest BCUT2D eigenvalue weighted by atomic mass is 19.1. The largest absolute Gasteiger partial charge is 0.491 e. The van der Waals surface area contributed by atoms with Gasteiger partial charge in [0.2, 0.25) is 0 Å². The molecule has 0 aromatic heterocycles. The van der Waals surface area contributed by atoms with Crippen molar-refractivity contribution in [3.63, 3.8) is 0 Å². The summed E-state index contributed by atoms with van der Waals surface area (Å²) in [5, 5.41) is 10.2.